The van der Waals surface area contributed by atoms with Crippen molar-refractivity contribution >= 4 is 12.6 Å². The minimum absolute atomic E-state index is 0. The Balaban J connectivity index is -0.0000000381. The summed E-state index contributed by atoms with van der Waals surface area (Å²) < 4.78 is 0. The number of carbonyl (C=O) groups excluding carboxylic acids is 2. The number of aliphatic hydroxyl groups excluding tert-OH is 2. The average Bonchev–Trinajstić information content (AvgIpc) is 2.75. The van der Waals surface area contributed by atoms with Crippen LogP contribution in [0.1, 0.15) is 40.5 Å². The molecule has 1 radical (unpaired) electrons. The van der Waals surface area contributed by atoms with Gasteiger partial charge < -0.3 is 19.8 Å². The summed E-state index contributed by atoms with van der Waals surface area (Å²) in [7, 11) is 2.00. The molecule has 28 heavy (non-hydrogen) atoms. The van der Waals surface area contributed by atoms with Crippen LogP contribution in [0, 0.1) is 43.2 Å². The largest absolute Gasteiger partial charge is 2.00 e. The van der Waals surface area contributed by atoms with Gasteiger partial charge in [-0.05, 0) is 0 Å². The van der Waals surface area contributed by atoms with Crippen molar-refractivity contribution in [3.05, 3.63) is 72.8 Å². The van der Waals surface area contributed by atoms with E-state index in [-0.39, 0.29) is 49.7 Å². The number of hydrogen-bond acceptors (Lipinski definition) is 4. The summed E-state index contributed by atoms with van der Waals surface area (Å²) in [6.45, 7) is 7.33. The van der Waals surface area contributed by atoms with Gasteiger partial charge in [-0.25, -0.2) is 0 Å². The molecule has 2 aromatic carbocycles. The smallest absolute Gasteiger partial charge is 0.542 e. The fourth-order valence-corrected chi connectivity index (χ4v) is 0.684. The van der Waals surface area contributed by atoms with Gasteiger partial charge in [0.2, 0.25) is 0 Å². The van der Waals surface area contributed by atoms with Crippen LogP contribution in [0.2, 0.25) is 0 Å². The molecule has 0 aliphatic carbocycles. The third-order valence-corrected chi connectivity index (χ3v) is 1.36. The van der Waals surface area contributed by atoms with Gasteiger partial charge in [0.1, 0.15) is 0 Å². The second-order valence-corrected chi connectivity index (χ2v) is 3.56. The van der Waals surface area contributed by atoms with E-state index in [2.05, 4.69) is 26.0 Å². The third-order valence-electron chi connectivity index (χ3n) is 1.36. The molecule has 0 unspecified atom stereocenters. The van der Waals surface area contributed by atoms with Crippen molar-refractivity contribution in [1.29, 1.82) is 0 Å². The Bertz CT molecular complexity index is 305. The standard InChI is InChI=1S/2C6H5.C3H5O.C3H8.C2H3O.2CH4O.U.V/c2*1-2-4-6-5-3-1;1-2-3-4;1-3-2;1-2-3;2*1-2;;/h2*1-5H;2H2,1H3;3H2,1-2H3;1H3;2*2H,1H3;;/q3*-1;;-1;;;2*+2. The predicted molar refractivity (Wildman–Crippen MR) is 110 cm³/mol. The molecule has 0 bridgehead atoms. The summed E-state index contributed by atoms with van der Waals surface area (Å²) in [5.74, 6) is 0. The Kier molecular flexibility index (Phi) is 118. The molecule has 0 heterocycles. The number of aliphatic hydroxyl groups is 2. The van der Waals surface area contributed by atoms with Gasteiger partial charge in [-0.2, -0.15) is 86.1 Å². The van der Waals surface area contributed by atoms with Crippen molar-refractivity contribution in [1.82, 2.24) is 0 Å². The van der Waals surface area contributed by atoms with Gasteiger partial charge in [0.05, 0.1) is 0 Å². The normalized spacial score (nSPS) is 5.86. The monoisotopic (exact) mass is 651 g/mol. The van der Waals surface area contributed by atoms with Crippen LogP contribution in [0.5, 0.6) is 0 Å². The molecule has 0 atom stereocenters. The summed E-state index contributed by atoms with van der Waals surface area (Å²) in [6.07, 6.45) is 4.94. The molecular formula is C22H34O4UV. The van der Waals surface area contributed by atoms with Crippen molar-refractivity contribution in [2.45, 2.75) is 40.5 Å². The maximum absolute atomic E-state index is 9.05. The van der Waals surface area contributed by atoms with Gasteiger partial charge in [0.15, 0.2) is 0 Å². The van der Waals surface area contributed by atoms with E-state index in [0.29, 0.717) is 6.42 Å². The van der Waals surface area contributed by atoms with Crippen LogP contribution >= 0.6 is 0 Å². The fraction of sp³-hybridized carbons (Fsp3) is 0.364. The second kappa shape index (κ2) is 71.9. The van der Waals surface area contributed by atoms with E-state index < -0.39 is 0 Å². The number of rotatable bonds is 1. The van der Waals surface area contributed by atoms with Crippen molar-refractivity contribution in [3.63, 3.8) is 0 Å². The maximum atomic E-state index is 9.05. The zero-order chi connectivity index (χ0) is 21.3. The van der Waals surface area contributed by atoms with Gasteiger partial charge >= 0.3 is 49.7 Å². The minimum atomic E-state index is 0. The Morgan fingerprint density at radius 1 is 0.714 bits per heavy atom. The van der Waals surface area contributed by atoms with Gasteiger partial charge in [0, 0.05) is 14.2 Å². The summed E-state index contributed by atoms with van der Waals surface area (Å²) in [6, 6.07) is 25.0. The topological polar surface area (TPSA) is 74.6 Å². The van der Waals surface area contributed by atoms with Crippen LogP contribution in [-0.4, -0.2) is 37.0 Å². The van der Waals surface area contributed by atoms with Crippen LogP contribution in [0.15, 0.2) is 60.7 Å². The van der Waals surface area contributed by atoms with E-state index in [4.69, 9.17) is 19.8 Å². The van der Waals surface area contributed by atoms with Crippen molar-refractivity contribution in [2.75, 3.05) is 14.2 Å². The van der Waals surface area contributed by atoms with E-state index in [1.54, 1.807) is 13.2 Å². The van der Waals surface area contributed by atoms with Gasteiger partial charge in [0.25, 0.3) is 0 Å². The van der Waals surface area contributed by atoms with E-state index >= 15 is 0 Å². The zero-order valence-electron chi connectivity index (χ0n) is 17.8. The molecule has 2 rings (SSSR count). The van der Waals surface area contributed by atoms with Crippen molar-refractivity contribution in [2.24, 2.45) is 0 Å². The third kappa shape index (κ3) is 98.6. The van der Waals surface area contributed by atoms with E-state index in [9.17, 15) is 0 Å². The van der Waals surface area contributed by atoms with Gasteiger partial charge in [-0.1, -0.05) is 27.2 Å². The Morgan fingerprint density at radius 2 is 0.893 bits per heavy atom. The molecule has 0 aromatic heterocycles. The number of benzene rings is 2. The van der Waals surface area contributed by atoms with Crippen LogP contribution < -0.4 is 0 Å². The van der Waals surface area contributed by atoms with Crippen LogP contribution in [-0.2, 0) is 28.1 Å². The molecule has 0 spiro atoms. The molecule has 0 aliphatic heterocycles. The molecule has 2 N–H and O–H groups in total. The summed E-state index contributed by atoms with van der Waals surface area (Å²) in [5, 5.41) is 14.0. The van der Waals surface area contributed by atoms with E-state index in [1.807, 2.05) is 60.7 Å². The van der Waals surface area contributed by atoms with Crippen LogP contribution in [0.3, 0.4) is 0 Å². The Morgan fingerprint density at radius 3 is 0.929 bits per heavy atom. The van der Waals surface area contributed by atoms with Gasteiger partial charge in [-0.15, -0.1) is 0 Å². The second-order valence-electron chi connectivity index (χ2n) is 3.56. The summed E-state index contributed by atoms with van der Waals surface area (Å²) in [5.41, 5.74) is 0. The first kappa shape index (κ1) is 45.8. The van der Waals surface area contributed by atoms with Crippen molar-refractivity contribution < 1.29 is 69.5 Å². The molecule has 4 nitrogen and oxygen atoms in total. The molecule has 0 fully saturated rings. The van der Waals surface area contributed by atoms with E-state index in [1.165, 1.54) is 19.6 Å². The molecule has 2 aromatic rings. The summed E-state index contributed by atoms with van der Waals surface area (Å²) in [4.78, 5) is 17.7. The molecule has 0 saturated carbocycles. The fourth-order valence-electron chi connectivity index (χ4n) is 0.684. The Hall–Kier alpha value is -0.664. The first-order chi connectivity index (χ1) is 12.7. The van der Waals surface area contributed by atoms with E-state index in [0.717, 1.165) is 14.2 Å². The maximum Gasteiger partial charge on any atom is 2.00 e. The zero-order valence-corrected chi connectivity index (χ0v) is 23.4. The molecule has 0 saturated heterocycles. The Labute approximate surface area is 208 Å². The van der Waals surface area contributed by atoms with Crippen LogP contribution in [0.25, 0.3) is 0 Å². The SMILES string of the molecule is CCC.CC[C-]=O.CO.CO.C[C-]=O.[U+2].[V+2].[c-]1ccccc1.[c-]1ccccc1. The molecule has 0 aliphatic rings. The van der Waals surface area contributed by atoms with Crippen molar-refractivity contribution in [3.8, 4) is 0 Å². The number of hydrogen-bond donors (Lipinski definition) is 2. The molecular weight excluding hydrogens is 617 g/mol. The average molecular weight is 651 g/mol. The minimum Gasteiger partial charge on any atom is -0.542 e. The molecule has 0 amide bonds. The first-order valence-electron chi connectivity index (χ1n) is 8.10. The molecule has 6 heteroatoms. The molecule has 155 valence electrons. The predicted octanol–water partition coefficient (Wildman–Crippen LogP) is 4.23. The van der Waals surface area contributed by atoms with Gasteiger partial charge in [-0.3, -0.25) is 12.6 Å². The first-order valence-corrected chi connectivity index (χ1v) is 8.10. The van der Waals surface area contributed by atoms with Crippen LogP contribution in [0.4, 0.5) is 0 Å². The quantitative estimate of drug-likeness (QED) is 0.454. The summed E-state index contributed by atoms with van der Waals surface area (Å²) >= 11 is 0.